The molecule has 1 fully saturated rings. The first kappa shape index (κ1) is 13.0. The lowest BCUT2D eigenvalue weighted by Gasteiger charge is -2.34. The molecule has 2 atom stereocenters. The molecule has 1 aliphatic rings. The van der Waals surface area contributed by atoms with Crippen molar-refractivity contribution in [3.63, 3.8) is 0 Å². The van der Waals surface area contributed by atoms with Gasteiger partial charge in [-0.25, -0.2) is 4.98 Å². The lowest BCUT2D eigenvalue weighted by Crippen LogP contribution is -2.48. The van der Waals surface area contributed by atoms with Crippen LogP contribution in [0.2, 0.25) is 0 Å². The number of carbonyl (C=O) groups is 1. The van der Waals surface area contributed by atoms with Crippen molar-refractivity contribution in [1.29, 1.82) is 0 Å². The number of aryl methyl sites for hydroxylation is 1. The zero-order valence-electron chi connectivity index (χ0n) is 11.1. The first-order valence-electron chi connectivity index (χ1n) is 6.46. The van der Waals surface area contributed by atoms with E-state index in [4.69, 9.17) is 4.74 Å². The van der Waals surface area contributed by atoms with Crippen LogP contribution in [0.3, 0.4) is 0 Å². The second-order valence-electron chi connectivity index (χ2n) is 4.82. The van der Waals surface area contributed by atoms with Crippen LogP contribution in [0, 0.1) is 0 Å². The van der Waals surface area contributed by atoms with E-state index >= 15 is 0 Å². The molecule has 0 spiro atoms. The van der Waals surface area contributed by atoms with Crippen LogP contribution in [0.4, 0.5) is 0 Å². The van der Waals surface area contributed by atoms with Gasteiger partial charge in [-0.2, -0.15) is 0 Å². The zero-order valence-corrected chi connectivity index (χ0v) is 11.1. The number of morpholine rings is 1. The van der Waals surface area contributed by atoms with Gasteiger partial charge in [-0.15, -0.1) is 5.10 Å². The molecule has 0 radical (unpaired) electrons. The molecule has 100 valence electrons. The summed E-state index contributed by atoms with van der Waals surface area (Å²) in [6.45, 7) is 7.20. The number of hydrogen-bond acceptors (Lipinski definition) is 4. The normalized spacial score (nSPS) is 24.3. The van der Waals surface area contributed by atoms with Crippen LogP contribution >= 0.6 is 0 Å². The highest BCUT2D eigenvalue weighted by molar-refractivity contribution is 5.90. The Morgan fingerprint density at radius 2 is 2.11 bits per heavy atom. The third-order valence-electron chi connectivity index (χ3n) is 2.92. The minimum atomic E-state index is -0.115. The molecule has 1 amide bonds. The minimum absolute atomic E-state index is 0.0618. The summed E-state index contributed by atoms with van der Waals surface area (Å²) in [6.07, 6.45) is 1.92. The molecule has 1 saturated heterocycles. The zero-order chi connectivity index (χ0) is 13.1. The average molecular weight is 252 g/mol. The Kier molecular flexibility index (Phi) is 3.96. The molecule has 18 heavy (non-hydrogen) atoms. The smallest absolute Gasteiger partial charge is 0.293 e. The van der Waals surface area contributed by atoms with Crippen LogP contribution in [0.15, 0.2) is 0 Å². The van der Waals surface area contributed by atoms with Crippen molar-refractivity contribution in [2.45, 2.75) is 45.8 Å². The van der Waals surface area contributed by atoms with E-state index < -0.39 is 0 Å². The van der Waals surface area contributed by atoms with Gasteiger partial charge >= 0.3 is 0 Å². The summed E-state index contributed by atoms with van der Waals surface area (Å²) in [5, 5.41) is 6.80. The summed E-state index contributed by atoms with van der Waals surface area (Å²) < 4.78 is 5.60. The molecule has 1 N–H and O–H groups in total. The topological polar surface area (TPSA) is 71.1 Å². The summed E-state index contributed by atoms with van der Waals surface area (Å²) in [5.41, 5.74) is 0. The number of aromatic amines is 1. The standard InChI is InChI=1S/C12H20N4O2/c1-4-5-10-13-11(15-14-10)12(17)16-6-8(2)18-9(3)7-16/h8-9H,4-7H2,1-3H3,(H,13,14,15)/t8-,9+. The summed E-state index contributed by atoms with van der Waals surface area (Å²) >= 11 is 0. The molecule has 6 nitrogen and oxygen atoms in total. The Hall–Kier alpha value is -1.43. The lowest BCUT2D eigenvalue weighted by atomic mass is 10.2. The molecular formula is C12H20N4O2. The van der Waals surface area contributed by atoms with Gasteiger partial charge in [0.1, 0.15) is 5.82 Å². The number of amides is 1. The van der Waals surface area contributed by atoms with Gasteiger partial charge in [0.2, 0.25) is 5.82 Å². The van der Waals surface area contributed by atoms with E-state index in [1.807, 2.05) is 13.8 Å². The SMILES string of the molecule is CCCc1nc(C(=O)N2C[C@@H](C)O[C@@H](C)C2)n[nH]1. The molecule has 1 aromatic heterocycles. The van der Waals surface area contributed by atoms with Crippen LogP contribution in [0.25, 0.3) is 0 Å². The van der Waals surface area contributed by atoms with E-state index in [0.29, 0.717) is 13.1 Å². The van der Waals surface area contributed by atoms with Crippen LogP contribution in [0.1, 0.15) is 43.6 Å². The number of nitrogens with zero attached hydrogens (tertiary/aromatic N) is 3. The highest BCUT2D eigenvalue weighted by atomic mass is 16.5. The number of nitrogens with one attached hydrogen (secondary N) is 1. The molecule has 0 aliphatic carbocycles. The van der Waals surface area contributed by atoms with Gasteiger partial charge in [0.25, 0.3) is 5.91 Å². The molecule has 0 unspecified atom stereocenters. The first-order chi connectivity index (χ1) is 8.60. The predicted octanol–water partition coefficient (Wildman–Crippen LogP) is 1.01. The monoisotopic (exact) mass is 252 g/mol. The summed E-state index contributed by atoms with van der Waals surface area (Å²) in [5.74, 6) is 0.922. The van der Waals surface area contributed by atoms with E-state index in [2.05, 4.69) is 22.1 Å². The Morgan fingerprint density at radius 3 is 2.72 bits per heavy atom. The number of aromatic nitrogens is 3. The van der Waals surface area contributed by atoms with Crippen molar-refractivity contribution in [1.82, 2.24) is 20.1 Å². The van der Waals surface area contributed by atoms with Crippen LogP contribution < -0.4 is 0 Å². The van der Waals surface area contributed by atoms with Crippen molar-refractivity contribution < 1.29 is 9.53 Å². The van der Waals surface area contributed by atoms with Crippen molar-refractivity contribution in [2.75, 3.05) is 13.1 Å². The van der Waals surface area contributed by atoms with Gasteiger partial charge in [-0.1, -0.05) is 6.92 Å². The third kappa shape index (κ3) is 2.87. The second kappa shape index (κ2) is 5.48. The van der Waals surface area contributed by atoms with Crippen molar-refractivity contribution in [3.05, 3.63) is 11.6 Å². The maximum absolute atomic E-state index is 12.2. The fraction of sp³-hybridized carbons (Fsp3) is 0.750. The molecule has 6 heteroatoms. The van der Waals surface area contributed by atoms with Crippen LogP contribution in [0.5, 0.6) is 0 Å². The highest BCUT2D eigenvalue weighted by Crippen LogP contribution is 2.12. The van der Waals surface area contributed by atoms with Crippen molar-refractivity contribution in [3.8, 4) is 0 Å². The van der Waals surface area contributed by atoms with Gasteiger partial charge in [0.15, 0.2) is 0 Å². The maximum atomic E-state index is 12.2. The summed E-state index contributed by atoms with van der Waals surface area (Å²) in [7, 11) is 0. The third-order valence-corrected chi connectivity index (χ3v) is 2.92. The molecular weight excluding hydrogens is 232 g/mol. The number of ether oxygens (including phenoxy) is 1. The van der Waals surface area contributed by atoms with E-state index in [9.17, 15) is 4.79 Å². The van der Waals surface area contributed by atoms with Gasteiger partial charge in [0, 0.05) is 19.5 Å². The van der Waals surface area contributed by atoms with Crippen molar-refractivity contribution >= 4 is 5.91 Å². The van der Waals surface area contributed by atoms with E-state index in [0.717, 1.165) is 18.7 Å². The first-order valence-corrected chi connectivity index (χ1v) is 6.46. The lowest BCUT2D eigenvalue weighted by molar-refractivity contribution is -0.0588. The maximum Gasteiger partial charge on any atom is 0.293 e. The van der Waals surface area contributed by atoms with Crippen molar-refractivity contribution in [2.24, 2.45) is 0 Å². The molecule has 0 saturated carbocycles. The van der Waals surface area contributed by atoms with E-state index in [1.165, 1.54) is 0 Å². The summed E-state index contributed by atoms with van der Waals surface area (Å²) in [4.78, 5) is 18.2. The molecule has 0 aromatic carbocycles. The fourth-order valence-electron chi connectivity index (χ4n) is 2.22. The number of rotatable bonds is 3. The van der Waals surface area contributed by atoms with Gasteiger partial charge in [-0.05, 0) is 20.3 Å². The molecule has 1 aromatic rings. The van der Waals surface area contributed by atoms with Crippen LogP contribution in [-0.2, 0) is 11.2 Å². The van der Waals surface area contributed by atoms with E-state index in [-0.39, 0.29) is 23.9 Å². The van der Waals surface area contributed by atoms with Gasteiger partial charge in [0.05, 0.1) is 12.2 Å². The minimum Gasteiger partial charge on any atom is -0.372 e. The average Bonchev–Trinajstić information content (AvgIpc) is 2.76. The second-order valence-corrected chi connectivity index (χ2v) is 4.82. The largest absolute Gasteiger partial charge is 0.372 e. The van der Waals surface area contributed by atoms with Crippen LogP contribution in [-0.4, -0.2) is 51.3 Å². The molecule has 1 aliphatic heterocycles. The Morgan fingerprint density at radius 1 is 1.44 bits per heavy atom. The molecule has 0 bridgehead atoms. The number of H-pyrrole nitrogens is 1. The van der Waals surface area contributed by atoms with Gasteiger partial charge < -0.3 is 9.64 Å². The predicted molar refractivity (Wildman–Crippen MR) is 66.3 cm³/mol. The Labute approximate surface area is 107 Å². The summed E-state index contributed by atoms with van der Waals surface area (Å²) in [6, 6.07) is 0. The Balaban J connectivity index is 2.05. The Bertz CT molecular complexity index is 408. The molecule has 2 heterocycles. The molecule has 2 rings (SSSR count). The quantitative estimate of drug-likeness (QED) is 0.871. The fourth-order valence-corrected chi connectivity index (χ4v) is 2.22. The number of carbonyl (C=O) groups excluding carboxylic acids is 1. The highest BCUT2D eigenvalue weighted by Gasteiger charge is 2.28. The number of hydrogen-bond donors (Lipinski definition) is 1. The van der Waals surface area contributed by atoms with E-state index in [1.54, 1.807) is 4.90 Å². The van der Waals surface area contributed by atoms with Gasteiger partial charge in [-0.3, -0.25) is 9.89 Å².